The maximum Gasteiger partial charge on any atom is 0.337 e. The number of aryl methyl sites for hydroxylation is 2. The monoisotopic (exact) mass is 439 g/mol. The molecule has 1 aliphatic rings. The fourth-order valence-corrected chi connectivity index (χ4v) is 4.52. The van der Waals surface area contributed by atoms with E-state index in [0.29, 0.717) is 5.69 Å². The van der Waals surface area contributed by atoms with Gasteiger partial charge in [0.15, 0.2) is 0 Å². The number of hydrogen-bond donors (Lipinski definition) is 3. The summed E-state index contributed by atoms with van der Waals surface area (Å²) in [5.74, 6) is -1.73. The summed E-state index contributed by atoms with van der Waals surface area (Å²) in [6.07, 6.45) is 0. The van der Waals surface area contributed by atoms with Crippen LogP contribution in [0, 0.1) is 13.8 Å². The third-order valence-corrected chi connectivity index (χ3v) is 6.08. The second-order valence-corrected chi connectivity index (χ2v) is 8.42. The van der Waals surface area contributed by atoms with Crippen LogP contribution in [0.25, 0.3) is 0 Å². The highest BCUT2D eigenvalue weighted by molar-refractivity contribution is 8.04. The van der Waals surface area contributed by atoms with E-state index in [1.807, 2.05) is 50.2 Å². The number of carbonyl (C=O) groups excluding carboxylic acids is 3. The Morgan fingerprint density at radius 3 is 2.16 bits per heavy atom. The molecule has 2 aromatic rings. The standard InChI is InChI=1S/C23H25N3O4S/c1-4-30-22(28)18-17(15-9-5-13(2)6-10-15)19(31-20(18)24)21(27)26-23(29)25-16-11-7-14(3)8-12-16/h5-12,17,19H,4,24H2,1-3H3,(H2,25,26,27,29). The maximum atomic E-state index is 13.0. The summed E-state index contributed by atoms with van der Waals surface area (Å²) in [4.78, 5) is 37.9. The van der Waals surface area contributed by atoms with Crippen molar-refractivity contribution in [2.45, 2.75) is 31.9 Å². The quantitative estimate of drug-likeness (QED) is 0.614. The molecule has 1 heterocycles. The molecule has 0 fully saturated rings. The molecule has 8 heteroatoms. The molecule has 2 atom stereocenters. The molecule has 0 aromatic heterocycles. The summed E-state index contributed by atoms with van der Waals surface area (Å²) >= 11 is 1.06. The number of benzene rings is 2. The third kappa shape index (κ3) is 5.27. The highest BCUT2D eigenvalue weighted by Gasteiger charge is 2.44. The van der Waals surface area contributed by atoms with Gasteiger partial charge in [0.2, 0.25) is 5.91 Å². The van der Waals surface area contributed by atoms with Crippen molar-refractivity contribution in [2.24, 2.45) is 5.73 Å². The first-order chi connectivity index (χ1) is 14.8. The number of amides is 3. The molecule has 2 aromatic carbocycles. The lowest BCUT2D eigenvalue weighted by molar-refractivity contribution is -0.138. The average Bonchev–Trinajstić information content (AvgIpc) is 3.08. The van der Waals surface area contributed by atoms with Gasteiger partial charge in [-0.15, -0.1) is 0 Å². The minimum atomic E-state index is -0.786. The largest absolute Gasteiger partial charge is 0.463 e. The predicted molar refractivity (Wildman–Crippen MR) is 121 cm³/mol. The van der Waals surface area contributed by atoms with Crippen LogP contribution in [0.15, 0.2) is 59.1 Å². The first-order valence-corrected chi connectivity index (χ1v) is 10.8. The molecular formula is C23H25N3O4S. The van der Waals surface area contributed by atoms with Crippen molar-refractivity contribution in [3.05, 3.63) is 75.8 Å². The molecule has 2 unspecified atom stereocenters. The molecule has 0 saturated heterocycles. The molecule has 0 bridgehead atoms. The van der Waals surface area contributed by atoms with Crippen molar-refractivity contribution in [2.75, 3.05) is 11.9 Å². The van der Waals surface area contributed by atoms with Crippen LogP contribution in [-0.2, 0) is 14.3 Å². The van der Waals surface area contributed by atoms with Crippen molar-refractivity contribution in [1.82, 2.24) is 5.32 Å². The minimum absolute atomic E-state index is 0.191. The lowest BCUT2D eigenvalue weighted by Crippen LogP contribution is -2.41. The molecule has 0 radical (unpaired) electrons. The second-order valence-electron chi connectivity index (χ2n) is 7.23. The van der Waals surface area contributed by atoms with Gasteiger partial charge in [-0.1, -0.05) is 59.3 Å². The zero-order chi connectivity index (χ0) is 22.5. The van der Waals surface area contributed by atoms with E-state index in [4.69, 9.17) is 10.5 Å². The van der Waals surface area contributed by atoms with Crippen LogP contribution in [0.3, 0.4) is 0 Å². The van der Waals surface area contributed by atoms with E-state index in [-0.39, 0.29) is 17.2 Å². The number of carbonyl (C=O) groups is 3. The van der Waals surface area contributed by atoms with E-state index in [1.165, 1.54) is 0 Å². The highest BCUT2D eigenvalue weighted by Crippen LogP contribution is 2.46. The molecule has 7 nitrogen and oxygen atoms in total. The number of anilines is 1. The number of urea groups is 1. The predicted octanol–water partition coefficient (Wildman–Crippen LogP) is 3.58. The lowest BCUT2D eigenvalue weighted by Gasteiger charge is -2.21. The van der Waals surface area contributed by atoms with Crippen LogP contribution < -0.4 is 16.4 Å². The van der Waals surface area contributed by atoms with E-state index in [1.54, 1.807) is 19.1 Å². The van der Waals surface area contributed by atoms with Crippen molar-refractivity contribution < 1.29 is 19.1 Å². The number of imide groups is 1. The van der Waals surface area contributed by atoms with Gasteiger partial charge in [0.05, 0.1) is 17.2 Å². The Morgan fingerprint density at radius 1 is 1.00 bits per heavy atom. The van der Waals surface area contributed by atoms with E-state index in [0.717, 1.165) is 28.5 Å². The summed E-state index contributed by atoms with van der Waals surface area (Å²) in [7, 11) is 0. The van der Waals surface area contributed by atoms with Crippen LogP contribution in [0.2, 0.25) is 0 Å². The normalized spacial score (nSPS) is 17.9. The Labute approximate surface area is 185 Å². The molecule has 4 N–H and O–H groups in total. The van der Waals surface area contributed by atoms with Gasteiger partial charge in [-0.2, -0.15) is 0 Å². The number of nitrogens with one attached hydrogen (secondary N) is 2. The van der Waals surface area contributed by atoms with Crippen LogP contribution in [-0.4, -0.2) is 29.8 Å². The van der Waals surface area contributed by atoms with Crippen LogP contribution in [0.5, 0.6) is 0 Å². The summed E-state index contributed by atoms with van der Waals surface area (Å²) < 4.78 is 5.17. The van der Waals surface area contributed by atoms with Crippen molar-refractivity contribution in [3.8, 4) is 0 Å². The lowest BCUT2D eigenvalue weighted by atomic mass is 9.87. The first-order valence-electron chi connectivity index (χ1n) is 9.88. The molecule has 0 aliphatic carbocycles. The smallest absolute Gasteiger partial charge is 0.337 e. The number of thioether (sulfide) groups is 1. The Kier molecular flexibility index (Phi) is 7.02. The van der Waals surface area contributed by atoms with Gasteiger partial charge in [-0.25, -0.2) is 9.59 Å². The average molecular weight is 440 g/mol. The van der Waals surface area contributed by atoms with Gasteiger partial charge < -0.3 is 15.8 Å². The van der Waals surface area contributed by atoms with E-state index in [9.17, 15) is 14.4 Å². The van der Waals surface area contributed by atoms with Gasteiger partial charge in [0.1, 0.15) is 5.25 Å². The zero-order valence-electron chi connectivity index (χ0n) is 17.6. The van der Waals surface area contributed by atoms with Gasteiger partial charge in [-0.05, 0) is 38.5 Å². The number of esters is 1. The topological polar surface area (TPSA) is 111 Å². The van der Waals surface area contributed by atoms with Gasteiger partial charge >= 0.3 is 12.0 Å². The van der Waals surface area contributed by atoms with Gasteiger partial charge in [0, 0.05) is 11.6 Å². The molecular weight excluding hydrogens is 414 g/mol. The second kappa shape index (κ2) is 9.70. The summed E-state index contributed by atoms with van der Waals surface area (Å²) in [5, 5.41) is 4.44. The molecule has 0 spiro atoms. The number of rotatable bonds is 5. The Bertz CT molecular complexity index is 1020. The SMILES string of the molecule is CCOC(=O)C1=C(N)SC(C(=O)NC(=O)Nc2ccc(C)cc2)C1c1ccc(C)cc1. The van der Waals surface area contributed by atoms with Crippen molar-refractivity contribution in [1.29, 1.82) is 0 Å². The summed E-state index contributed by atoms with van der Waals surface area (Å²) in [6.45, 7) is 5.78. The summed E-state index contributed by atoms with van der Waals surface area (Å²) in [5.41, 5.74) is 9.78. The van der Waals surface area contributed by atoms with Gasteiger partial charge in [-0.3, -0.25) is 10.1 Å². The van der Waals surface area contributed by atoms with Crippen LogP contribution >= 0.6 is 11.8 Å². The fourth-order valence-electron chi connectivity index (χ4n) is 3.31. The summed E-state index contributed by atoms with van der Waals surface area (Å²) in [6, 6.07) is 14.1. The maximum absolute atomic E-state index is 13.0. The van der Waals surface area contributed by atoms with E-state index < -0.39 is 29.1 Å². The molecule has 1 aliphatic heterocycles. The van der Waals surface area contributed by atoms with E-state index >= 15 is 0 Å². The number of nitrogens with two attached hydrogens (primary N) is 1. The highest BCUT2D eigenvalue weighted by atomic mass is 32.2. The Balaban J connectivity index is 1.81. The zero-order valence-corrected chi connectivity index (χ0v) is 18.4. The van der Waals surface area contributed by atoms with E-state index in [2.05, 4.69) is 10.6 Å². The fraction of sp³-hybridized carbons (Fsp3) is 0.261. The third-order valence-electron chi connectivity index (χ3n) is 4.87. The minimum Gasteiger partial charge on any atom is -0.463 e. The van der Waals surface area contributed by atoms with Crippen LogP contribution in [0.4, 0.5) is 10.5 Å². The van der Waals surface area contributed by atoms with Crippen LogP contribution in [0.1, 0.15) is 29.5 Å². The van der Waals surface area contributed by atoms with Gasteiger partial charge in [0.25, 0.3) is 0 Å². The number of ether oxygens (including phenoxy) is 1. The molecule has 162 valence electrons. The Hall–Kier alpha value is -3.26. The molecule has 3 amide bonds. The first kappa shape index (κ1) is 22.4. The van der Waals surface area contributed by atoms with Crippen molar-refractivity contribution >= 4 is 35.4 Å². The van der Waals surface area contributed by atoms with Crippen molar-refractivity contribution in [3.63, 3.8) is 0 Å². The molecule has 0 saturated carbocycles. The molecule has 3 rings (SSSR count). The molecule has 31 heavy (non-hydrogen) atoms. The number of hydrogen-bond acceptors (Lipinski definition) is 6. The Morgan fingerprint density at radius 2 is 1.58 bits per heavy atom.